The fraction of sp³-hybridized carbons (Fsp3) is 0.500. The number of hydrogen-bond donors (Lipinski definition) is 1. The number of nitrogens with two attached hydrogens (primary N) is 1. The van der Waals surface area contributed by atoms with Gasteiger partial charge in [-0.3, -0.25) is 4.79 Å². The van der Waals surface area contributed by atoms with Gasteiger partial charge >= 0.3 is 0 Å². The third-order valence-corrected chi connectivity index (χ3v) is 3.99. The average Bonchev–Trinajstić information content (AvgIpc) is 2.37. The first-order chi connectivity index (χ1) is 8.75. The van der Waals surface area contributed by atoms with E-state index in [1.807, 2.05) is 12.1 Å². The number of Topliss-reactive ketones (excluding diaryl/α,β-unsaturated/α-hetero) is 1. The van der Waals surface area contributed by atoms with Crippen molar-refractivity contribution >= 4 is 5.78 Å². The molecule has 0 atom stereocenters. The van der Waals surface area contributed by atoms with Gasteiger partial charge in [-0.25, -0.2) is 0 Å². The van der Waals surface area contributed by atoms with Gasteiger partial charge in [0.25, 0.3) is 0 Å². The highest BCUT2D eigenvalue weighted by molar-refractivity contribution is 6.01. The molecule has 1 saturated carbocycles. The van der Waals surface area contributed by atoms with E-state index in [-0.39, 0.29) is 11.2 Å². The van der Waals surface area contributed by atoms with Gasteiger partial charge in [-0.05, 0) is 31.0 Å². The molecular formula is C14H17NO3. The minimum Gasteiger partial charge on any atom is -0.486 e. The van der Waals surface area contributed by atoms with Gasteiger partial charge in [-0.15, -0.1) is 0 Å². The van der Waals surface area contributed by atoms with Crippen molar-refractivity contribution in [2.45, 2.75) is 19.3 Å². The average molecular weight is 247 g/mol. The van der Waals surface area contributed by atoms with Crippen LogP contribution in [-0.4, -0.2) is 25.5 Å². The molecule has 0 radical (unpaired) electrons. The largest absolute Gasteiger partial charge is 0.486 e. The molecule has 1 aromatic rings. The molecule has 0 saturated heterocycles. The second-order valence-electron chi connectivity index (χ2n) is 5.03. The molecule has 18 heavy (non-hydrogen) atoms. The summed E-state index contributed by atoms with van der Waals surface area (Å²) in [7, 11) is 0. The summed E-state index contributed by atoms with van der Waals surface area (Å²) in [6.07, 6.45) is 2.89. The number of ether oxygens (including phenoxy) is 2. The van der Waals surface area contributed by atoms with Crippen molar-refractivity contribution in [3.63, 3.8) is 0 Å². The predicted octanol–water partition coefficient (Wildman–Crippen LogP) is 1.77. The van der Waals surface area contributed by atoms with Gasteiger partial charge in [-0.1, -0.05) is 6.42 Å². The Hall–Kier alpha value is -1.55. The van der Waals surface area contributed by atoms with Gasteiger partial charge in [0.1, 0.15) is 13.2 Å². The lowest BCUT2D eigenvalue weighted by Crippen LogP contribution is -2.44. The van der Waals surface area contributed by atoms with E-state index in [9.17, 15) is 4.79 Å². The molecule has 0 unspecified atom stereocenters. The second kappa shape index (κ2) is 4.28. The normalized spacial score (nSPS) is 20.1. The molecule has 1 heterocycles. The Morgan fingerprint density at radius 1 is 1.22 bits per heavy atom. The van der Waals surface area contributed by atoms with Gasteiger partial charge in [0, 0.05) is 17.5 Å². The minimum absolute atomic E-state index is 0.147. The van der Waals surface area contributed by atoms with Crippen LogP contribution in [0.15, 0.2) is 18.2 Å². The van der Waals surface area contributed by atoms with Crippen molar-refractivity contribution < 1.29 is 14.3 Å². The van der Waals surface area contributed by atoms with Gasteiger partial charge < -0.3 is 15.2 Å². The molecule has 0 spiro atoms. The van der Waals surface area contributed by atoms with E-state index >= 15 is 0 Å². The fourth-order valence-corrected chi connectivity index (χ4v) is 2.62. The zero-order valence-electron chi connectivity index (χ0n) is 10.3. The van der Waals surface area contributed by atoms with E-state index < -0.39 is 0 Å². The molecule has 3 rings (SSSR count). The molecule has 0 amide bonds. The highest BCUT2D eigenvalue weighted by Gasteiger charge is 2.43. The molecule has 0 bridgehead atoms. The first-order valence-electron chi connectivity index (χ1n) is 6.40. The summed E-state index contributed by atoms with van der Waals surface area (Å²) in [5.41, 5.74) is 6.12. The van der Waals surface area contributed by atoms with Gasteiger partial charge in [0.05, 0.1) is 0 Å². The lowest BCUT2D eigenvalue weighted by Gasteiger charge is -2.39. The number of fused-ring (bicyclic) bond motifs is 1. The number of carbonyl (C=O) groups excluding carboxylic acids is 1. The molecule has 1 fully saturated rings. The van der Waals surface area contributed by atoms with Gasteiger partial charge in [-0.2, -0.15) is 0 Å². The van der Waals surface area contributed by atoms with Crippen LogP contribution in [0, 0.1) is 5.41 Å². The molecule has 2 N–H and O–H groups in total. The van der Waals surface area contributed by atoms with E-state index in [4.69, 9.17) is 15.2 Å². The van der Waals surface area contributed by atoms with E-state index in [1.54, 1.807) is 6.07 Å². The maximum Gasteiger partial charge on any atom is 0.170 e. The molecule has 4 heteroatoms. The standard InChI is InChI=1S/C14H17NO3/c15-9-14(4-1-5-14)13(16)10-2-3-11-12(8-10)18-7-6-17-11/h2-3,8H,1,4-7,9,15H2. The zero-order chi connectivity index (χ0) is 12.6. The number of carbonyl (C=O) groups is 1. The van der Waals surface area contributed by atoms with Crippen LogP contribution < -0.4 is 15.2 Å². The number of rotatable bonds is 3. The lowest BCUT2D eigenvalue weighted by molar-refractivity contribution is 0.0635. The molecule has 1 aromatic carbocycles. The van der Waals surface area contributed by atoms with E-state index in [0.717, 1.165) is 19.3 Å². The lowest BCUT2D eigenvalue weighted by atomic mass is 9.64. The van der Waals surface area contributed by atoms with Crippen LogP contribution in [0.5, 0.6) is 11.5 Å². The van der Waals surface area contributed by atoms with Crippen LogP contribution in [-0.2, 0) is 0 Å². The van der Waals surface area contributed by atoms with Gasteiger partial charge in [0.2, 0.25) is 0 Å². The Morgan fingerprint density at radius 3 is 2.56 bits per heavy atom. The Balaban J connectivity index is 1.90. The van der Waals surface area contributed by atoms with Crippen molar-refractivity contribution in [1.82, 2.24) is 0 Å². The quantitative estimate of drug-likeness (QED) is 0.827. The van der Waals surface area contributed by atoms with Crippen LogP contribution >= 0.6 is 0 Å². The summed E-state index contributed by atoms with van der Waals surface area (Å²) in [4.78, 5) is 12.5. The first kappa shape index (κ1) is 11.5. The third-order valence-electron chi connectivity index (χ3n) is 3.99. The fourth-order valence-electron chi connectivity index (χ4n) is 2.62. The van der Waals surface area contributed by atoms with Crippen molar-refractivity contribution in [3.05, 3.63) is 23.8 Å². The summed E-state index contributed by atoms with van der Waals surface area (Å²) in [6, 6.07) is 5.41. The van der Waals surface area contributed by atoms with Crippen molar-refractivity contribution in [2.75, 3.05) is 19.8 Å². The first-order valence-corrected chi connectivity index (χ1v) is 6.40. The second-order valence-corrected chi connectivity index (χ2v) is 5.03. The summed E-state index contributed by atoms with van der Waals surface area (Å²) in [6.45, 7) is 1.53. The molecule has 1 aliphatic heterocycles. The topological polar surface area (TPSA) is 61.6 Å². The number of benzene rings is 1. The Labute approximate surface area is 106 Å². The third kappa shape index (κ3) is 1.68. The highest BCUT2D eigenvalue weighted by Crippen LogP contribution is 2.43. The number of hydrogen-bond acceptors (Lipinski definition) is 4. The SMILES string of the molecule is NCC1(C(=O)c2ccc3c(c2)OCCO3)CCC1. The maximum absolute atomic E-state index is 12.5. The summed E-state index contributed by atoms with van der Waals surface area (Å²) >= 11 is 0. The minimum atomic E-state index is -0.330. The Bertz CT molecular complexity index is 474. The van der Waals surface area contributed by atoms with Crippen LogP contribution in [0.2, 0.25) is 0 Å². The molecule has 0 aromatic heterocycles. The Morgan fingerprint density at radius 2 is 1.94 bits per heavy atom. The van der Waals surface area contributed by atoms with Crippen molar-refractivity contribution in [3.8, 4) is 11.5 Å². The monoisotopic (exact) mass is 247 g/mol. The highest BCUT2D eigenvalue weighted by atomic mass is 16.6. The summed E-state index contributed by atoms with van der Waals surface area (Å²) in [5, 5.41) is 0. The van der Waals surface area contributed by atoms with E-state index in [0.29, 0.717) is 36.8 Å². The predicted molar refractivity (Wildman–Crippen MR) is 67.1 cm³/mol. The zero-order valence-corrected chi connectivity index (χ0v) is 10.3. The number of ketones is 1. The van der Waals surface area contributed by atoms with Crippen LogP contribution in [0.4, 0.5) is 0 Å². The van der Waals surface area contributed by atoms with E-state index in [2.05, 4.69) is 0 Å². The maximum atomic E-state index is 12.5. The van der Waals surface area contributed by atoms with Crippen LogP contribution in [0.1, 0.15) is 29.6 Å². The molecule has 2 aliphatic rings. The van der Waals surface area contributed by atoms with Crippen LogP contribution in [0.3, 0.4) is 0 Å². The molecule has 4 nitrogen and oxygen atoms in total. The van der Waals surface area contributed by atoms with Crippen LogP contribution in [0.25, 0.3) is 0 Å². The smallest absolute Gasteiger partial charge is 0.170 e. The molecule has 1 aliphatic carbocycles. The van der Waals surface area contributed by atoms with E-state index in [1.165, 1.54) is 0 Å². The molecule has 96 valence electrons. The summed E-state index contributed by atoms with van der Waals surface area (Å²) in [5.74, 6) is 1.53. The van der Waals surface area contributed by atoms with Crippen molar-refractivity contribution in [2.24, 2.45) is 11.1 Å². The Kier molecular flexibility index (Phi) is 2.74. The molecular weight excluding hydrogens is 230 g/mol. The summed E-state index contributed by atoms with van der Waals surface area (Å²) < 4.78 is 11.0. The van der Waals surface area contributed by atoms with Gasteiger partial charge in [0.15, 0.2) is 17.3 Å². The van der Waals surface area contributed by atoms with Crippen molar-refractivity contribution in [1.29, 1.82) is 0 Å².